The fourth-order valence-corrected chi connectivity index (χ4v) is 3.94. The second-order valence-corrected chi connectivity index (χ2v) is 8.01. The zero-order valence-electron chi connectivity index (χ0n) is 18.4. The summed E-state index contributed by atoms with van der Waals surface area (Å²) in [5.41, 5.74) is 1.49. The van der Waals surface area contributed by atoms with Gasteiger partial charge in [0.15, 0.2) is 5.65 Å². The van der Waals surface area contributed by atoms with E-state index in [0.29, 0.717) is 23.1 Å². The fraction of sp³-hybridized carbons (Fsp3) is 0.364. The number of piperidine rings is 1. The highest BCUT2D eigenvalue weighted by Gasteiger charge is 2.28. The predicted molar refractivity (Wildman–Crippen MR) is 119 cm³/mol. The largest absolute Gasteiger partial charge is 0.497 e. The molecule has 1 aliphatic heterocycles. The van der Waals surface area contributed by atoms with Crippen LogP contribution in [0.3, 0.4) is 0 Å². The van der Waals surface area contributed by atoms with Gasteiger partial charge in [-0.25, -0.2) is 0 Å². The van der Waals surface area contributed by atoms with Gasteiger partial charge in [-0.2, -0.15) is 9.50 Å². The molecule has 4 heterocycles. The van der Waals surface area contributed by atoms with Crippen molar-refractivity contribution in [2.45, 2.75) is 25.8 Å². The lowest BCUT2D eigenvalue weighted by atomic mass is 9.95. The first-order valence-electron chi connectivity index (χ1n) is 10.8. The molecule has 1 amide bonds. The lowest BCUT2D eigenvalue weighted by Gasteiger charge is -2.32. The average molecular weight is 448 g/mol. The number of rotatable bonds is 6. The number of amides is 1. The SMILES string of the molecule is COc1cccc(-c2noc(C(C)NC(=O)C3CCN(c4ccc5nncn5n4)CC3)n2)c1. The van der Waals surface area contributed by atoms with Crippen LogP contribution in [0.1, 0.15) is 31.7 Å². The third-order valence-electron chi connectivity index (χ3n) is 5.84. The molecule has 1 saturated heterocycles. The van der Waals surface area contributed by atoms with Crippen LogP contribution in [0.5, 0.6) is 5.75 Å². The minimum absolute atomic E-state index is 0.00880. The second kappa shape index (κ2) is 8.85. The first kappa shape index (κ1) is 20.9. The van der Waals surface area contributed by atoms with Gasteiger partial charge in [0.2, 0.25) is 17.6 Å². The minimum Gasteiger partial charge on any atom is -0.497 e. The normalized spacial score (nSPS) is 15.5. The first-order valence-corrected chi connectivity index (χ1v) is 10.8. The number of hydrogen-bond acceptors (Lipinski definition) is 9. The minimum atomic E-state index is -0.389. The lowest BCUT2D eigenvalue weighted by molar-refractivity contribution is -0.126. The van der Waals surface area contributed by atoms with Crippen molar-refractivity contribution in [2.75, 3.05) is 25.1 Å². The summed E-state index contributed by atoms with van der Waals surface area (Å²) < 4.78 is 12.3. The Morgan fingerprint density at radius 2 is 2.09 bits per heavy atom. The summed E-state index contributed by atoms with van der Waals surface area (Å²) in [6, 6.07) is 10.9. The van der Waals surface area contributed by atoms with Gasteiger partial charge in [-0.1, -0.05) is 17.3 Å². The topological polar surface area (TPSA) is 124 Å². The van der Waals surface area contributed by atoms with E-state index in [2.05, 4.69) is 35.7 Å². The van der Waals surface area contributed by atoms with E-state index in [1.54, 1.807) is 18.0 Å². The van der Waals surface area contributed by atoms with Gasteiger partial charge in [0, 0.05) is 24.6 Å². The molecule has 1 fully saturated rings. The van der Waals surface area contributed by atoms with E-state index < -0.39 is 0 Å². The number of nitrogens with zero attached hydrogens (tertiary/aromatic N) is 7. The van der Waals surface area contributed by atoms with Crippen molar-refractivity contribution in [1.29, 1.82) is 0 Å². The molecular formula is C22H24N8O3. The van der Waals surface area contributed by atoms with Gasteiger partial charge in [-0.3, -0.25) is 4.79 Å². The lowest BCUT2D eigenvalue weighted by Crippen LogP contribution is -2.41. The van der Waals surface area contributed by atoms with Crippen molar-refractivity contribution in [1.82, 2.24) is 35.3 Å². The summed E-state index contributed by atoms with van der Waals surface area (Å²) in [6.07, 6.45) is 3.05. The Labute approximate surface area is 189 Å². The summed E-state index contributed by atoms with van der Waals surface area (Å²) >= 11 is 0. The monoisotopic (exact) mass is 448 g/mol. The molecule has 0 saturated carbocycles. The molecule has 11 heteroatoms. The molecule has 0 bridgehead atoms. The average Bonchev–Trinajstić information content (AvgIpc) is 3.54. The quantitative estimate of drug-likeness (QED) is 0.473. The molecule has 5 rings (SSSR count). The molecule has 0 radical (unpaired) electrons. The van der Waals surface area contributed by atoms with Gasteiger partial charge in [0.1, 0.15) is 23.9 Å². The molecule has 1 aliphatic rings. The third-order valence-corrected chi connectivity index (χ3v) is 5.84. The summed E-state index contributed by atoms with van der Waals surface area (Å²) in [5.74, 6) is 2.29. The van der Waals surface area contributed by atoms with Crippen LogP contribution >= 0.6 is 0 Å². The molecule has 3 aromatic heterocycles. The van der Waals surface area contributed by atoms with E-state index in [0.717, 1.165) is 37.3 Å². The highest BCUT2D eigenvalue weighted by atomic mass is 16.5. The number of fused-ring (bicyclic) bond motifs is 1. The number of aromatic nitrogens is 6. The number of anilines is 1. The van der Waals surface area contributed by atoms with Crippen LogP contribution in [0, 0.1) is 5.92 Å². The van der Waals surface area contributed by atoms with E-state index in [1.165, 1.54) is 0 Å². The number of methoxy groups -OCH3 is 1. The van der Waals surface area contributed by atoms with E-state index in [1.807, 2.05) is 43.3 Å². The van der Waals surface area contributed by atoms with Crippen LogP contribution in [0.2, 0.25) is 0 Å². The van der Waals surface area contributed by atoms with Crippen molar-refractivity contribution in [2.24, 2.45) is 5.92 Å². The molecule has 1 aromatic carbocycles. The Morgan fingerprint density at radius 1 is 1.24 bits per heavy atom. The van der Waals surface area contributed by atoms with E-state index >= 15 is 0 Å². The Kier molecular flexibility index (Phi) is 5.59. The van der Waals surface area contributed by atoms with Crippen LogP contribution in [0.25, 0.3) is 17.0 Å². The molecular weight excluding hydrogens is 424 g/mol. The Balaban J connectivity index is 1.17. The zero-order chi connectivity index (χ0) is 22.8. The maximum Gasteiger partial charge on any atom is 0.249 e. The predicted octanol–water partition coefficient (Wildman–Crippen LogP) is 2.28. The van der Waals surface area contributed by atoms with Gasteiger partial charge >= 0.3 is 0 Å². The van der Waals surface area contributed by atoms with Gasteiger partial charge in [-0.05, 0) is 44.0 Å². The Bertz CT molecular complexity index is 1260. The van der Waals surface area contributed by atoms with Crippen LogP contribution in [-0.2, 0) is 4.79 Å². The van der Waals surface area contributed by atoms with Gasteiger partial charge in [0.05, 0.1) is 7.11 Å². The molecule has 1 unspecified atom stereocenters. The summed E-state index contributed by atoms with van der Waals surface area (Å²) in [4.78, 5) is 19.5. The number of nitrogens with one attached hydrogen (secondary N) is 1. The highest BCUT2D eigenvalue weighted by molar-refractivity contribution is 5.79. The van der Waals surface area contributed by atoms with Gasteiger partial charge in [-0.15, -0.1) is 15.3 Å². The van der Waals surface area contributed by atoms with Crippen molar-refractivity contribution in [3.8, 4) is 17.1 Å². The number of benzene rings is 1. The number of carbonyl (C=O) groups excluding carboxylic acids is 1. The van der Waals surface area contributed by atoms with Crippen molar-refractivity contribution in [3.63, 3.8) is 0 Å². The number of ether oxygens (including phenoxy) is 1. The van der Waals surface area contributed by atoms with Crippen LogP contribution in [0.15, 0.2) is 47.2 Å². The highest BCUT2D eigenvalue weighted by Crippen LogP contribution is 2.25. The third kappa shape index (κ3) is 4.34. The van der Waals surface area contributed by atoms with E-state index in [9.17, 15) is 4.79 Å². The first-order chi connectivity index (χ1) is 16.1. The smallest absolute Gasteiger partial charge is 0.249 e. The van der Waals surface area contributed by atoms with Crippen molar-refractivity contribution in [3.05, 3.63) is 48.6 Å². The summed E-state index contributed by atoms with van der Waals surface area (Å²) in [6.45, 7) is 3.33. The fourth-order valence-electron chi connectivity index (χ4n) is 3.94. The second-order valence-electron chi connectivity index (χ2n) is 8.01. The van der Waals surface area contributed by atoms with Crippen LogP contribution < -0.4 is 15.0 Å². The maximum atomic E-state index is 12.9. The summed E-state index contributed by atoms with van der Waals surface area (Å²) in [7, 11) is 1.61. The Hall–Kier alpha value is -4.02. The zero-order valence-corrected chi connectivity index (χ0v) is 18.4. The number of carbonyl (C=O) groups is 1. The molecule has 0 aliphatic carbocycles. The van der Waals surface area contributed by atoms with E-state index in [-0.39, 0.29) is 17.9 Å². The van der Waals surface area contributed by atoms with Crippen molar-refractivity contribution >= 4 is 17.4 Å². The molecule has 11 nitrogen and oxygen atoms in total. The molecule has 1 atom stereocenters. The van der Waals surface area contributed by atoms with Gasteiger partial charge < -0.3 is 19.5 Å². The molecule has 0 spiro atoms. The molecule has 4 aromatic rings. The molecule has 1 N–H and O–H groups in total. The maximum absolute atomic E-state index is 12.9. The van der Waals surface area contributed by atoms with E-state index in [4.69, 9.17) is 9.26 Å². The molecule has 33 heavy (non-hydrogen) atoms. The van der Waals surface area contributed by atoms with Crippen LogP contribution in [0.4, 0.5) is 5.82 Å². The van der Waals surface area contributed by atoms with Gasteiger partial charge in [0.25, 0.3) is 0 Å². The Morgan fingerprint density at radius 3 is 2.91 bits per heavy atom. The standard InChI is InChI=1S/C22H24N8O3/c1-14(22-25-20(28-33-22)16-4-3-5-17(12-16)32-2)24-21(31)15-8-10-29(11-9-15)19-7-6-18-26-23-13-30(18)27-19/h3-7,12-15H,8-11H2,1-2H3,(H,24,31). The number of hydrogen-bond donors (Lipinski definition) is 1. The molecule has 170 valence electrons. The summed E-state index contributed by atoms with van der Waals surface area (Å²) in [5, 5.41) is 19.4. The van der Waals surface area contributed by atoms with Crippen LogP contribution in [-0.4, -0.2) is 56.1 Å². The van der Waals surface area contributed by atoms with Crippen molar-refractivity contribution < 1.29 is 14.1 Å².